The van der Waals surface area contributed by atoms with Crippen LogP contribution >= 0.6 is 0 Å². The molecule has 4 rings (SSSR count). The number of ketones is 1. The van der Waals surface area contributed by atoms with Gasteiger partial charge in [0, 0.05) is 27.8 Å². The average Bonchev–Trinajstić information content (AvgIpc) is 3.17. The van der Waals surface area contributed by atoms with Gasteiger partial charge in [-0.25, -0.2) is 13.2 Å². The van der Waals surface area contributed by atoms with E-state index in [0.717, 1.165) is 21.9 Å². The maximum atomic E-state index is 12.7. The number of nitrogens with one attached hydrogen (secondary N) is 2. The largest absolute Gasteiger partial charge is 0.454 e. The number of hydrogen-bond donors (Lipinski definition) is 2. The third-order valence-electron chi connectivity index (χ3n) is 5.10. The molecule has 0 unspecified atom stereocenters. The van der Waals surface area contributed by atoms with Crippen molar-refractivity contribution in [2.75, 3.05) is 11.3 Å². The van der Waals surface area contributed by atoms with Gasteiger partial charge >= 0.3 is 5.97 Å². The lowest BCUT2D eigenvalue weighted by Gasteiger charge is -2.08. The van der Waals surface area contributed by atoms with E-state index in [1.807, 2.05) is 30.3 Å². The Morgan fingerprint density at radius 3 is 2.50 bits per heavy atom. The average molecular weight is 475 g/mol. The van der Waals surface area contributed by atoms with E-state index >= 15 is 0 Å². The number of para-hydroxylation sites is 1. The first-order valence-electron chi connectivity index (χ1n) is 10.5. The molecule has 1 heterocycles. The number of aryl methyl sites for hydroxylation is 1. The first kappa shape index (κ1) is 23.0. The van der Waals surface area contributed by atoms with Crippen LogP contribution < -0.4 is 4.72 Å². The number of anilines is 1. The number of benzene rings is 3. The molecule has 172 valence electrons. The van der Waals surface area contributed by atoms with Crippen LogP contribution in [0.1, 0.15) is 32.0 Å². The molecule has 0 fully saturated rings. The Hall–Kier alpha value is -4.17. The normalized spacial score (nSPS) is 11.6. The summed E-state index contributed by atoms with van der Waals surface area (Å²) in [5.41, 5.74) is 3.07. The van der Waals surface area contributed by atoms with E-state index in [2.05, 4.69) is 9.71 Å². The standard InChI is InChI=1S/C26H22N2O5S/c1-18-25(22-12-5-6-13-23(22)27-18)24(29)17-33-26(30)20-10-7-11-21(16-20)28-34(31,32)15-14-19-8-3-2-4-9-19/h2-16,27-28H,17H2,1H3. The number of carbonyl (C=O) groups is 2. The predicted molar refractivity (Wildman–Crippen MR) is 132 cm³/mol. The van der Waals surface area contributed by atoms with Gasteiger partial charge in [-0.1, -0.05) is 54.6 Å². The zero-order chi connectivity index (χ0) is 24.1. The number of sulfonamides is 1. The van der Waals surface area contributed by atoms with Gasteiger partial charge in [0.25, 0.3) is 10.0 Å². The summed E-state index contributed by atoms with van der Waals surface area (Å²) in [6.45, 7) is 1.36. The van der Waals surface area contributed by atoms with Crippen molar-refractivity contribution < 1.29 is 22.7 Å². The molecular formula is C26H22N2O5S. The summed E-state index contributed by atoms with van der Waals surface area (Å²) in [6.07, 6.45) is 1.47. The lowest BCUT2D eigenvalue weighted by Crippen LogP contribution is -2.15. The Bertz CT molecular complexity index is 1490. The lowest BCUT2D eigenvalue weighted by molar-refractivity contribution is 0.0475. The molecule has 0 amide bonds. The minimum atomic E-state index is -3.80. The monoisotopic (exact) mass is 474 g/mol. The quantitative estimate of drug-likeness (QED) is 0.278. The van der Waals surface area contributed by atoms with Gasteiger partial charge in [0.1, 0.15) is 0 Å². The second-order valence-corrected chi connectivity index (χ2v) is 9.18. The van der Waals surface area contributed by atoms with Crippen molar-refractivity contribution >= 4 is 44.4 Å². The Morgan fingerprint density at radius 1 is 0.971 bits per heavy atom. The molecule has 8 heteroatoms. The van der Waals surface area contributed by atoms with Crippen molar-refractivity contribution in [2.45, 2.75) is 6.92 Å². The Labute approximate surface area is 197 Å². The highest BCUT2D eigenvalue weighted by molar-refractivity contribution is 7.95. The molecule has 4 aromatic rings. The number of fused-ring (bicyclic) bond motifs is 1. The van der Waals surface area contributed by atoms with E-state index in [0.29, 0.717) is 11.3 Å². The Balaban J connectivity index is 1.42. The summed E-state index contributed by atoms with van der Waals surface area (Å²) in [4.78, 5) is 28.4. The number of aromatic amines is 1. The summed E-state index contributed by atoms with van der Waals surface area (Å²) in [5.74, 6) is -1.06. The van der Waals surface area contributed by atoms with Crippen LogP contribution in [-0.4, -0.2) is 31.8 Å². The number of hydrogen-bond acceptors (Lipinski definition) is 5. The van der Waals surface area contributed by atoms with E-state index in [-0.39, 0.29) is 17.0 Å². The molecule has 0 aliphatic heterocycles. The molecule has 0 atom stereocenters. The first-order valence-corrected chi connectivity index (χ1v) is 12.0. The molecule has 34 heavy (non-hydrogen) atoms. The van der Waals surface area contributed by atoms with Crippen LogP contribution in [0.4, 0.5) is 5.69 Å². The Kier molecular flexibility index (Phi) is 6.60. The van der Waals surface area contributed by atoms with Crippen molar-refractivity contribution in [3.63, 3.8) is 0 Å². The molecule has 0 radical (unpaired) electrons. The molecule has 0 aliphatic carbocycles. The molecule has 0 bridgehead atoms. The minimum Gasteiger partial charge on any atom is -0.454 e. The van der Waals surface area contributed by atoms with Gasteiger partial charge in [0.2, 0.25) is 5.78 Å². The summed E-state index contributed by atoms with van der Waals surface area (Å²) in [5, 5.41) is 1.82. The highest BCUT2D eigenvalue weighted by Gasteiger charge is 2.18. The van der Waals surface area contributed by atoms with Crippen molar-refractivity contribution in [2.24, 2.45) is 0 Å². The number of Topliss-reactive ketones (excluding diaryl/α,β-unsaturated/α-hetero) is 1. The van der Waals surface area contributed by atoms with E-state index < -0.39 is 22.6 Å². The number of H-pyrrole nitrogens is 1. The smallest absolute Gasteiger partial charge is 0.338 e. The van der Waals surface area contributed by atoms with Crippen molar-refractivity contribution in [1.82, 2.24) is 4.98 Å². The van der Waals surface area contributed by atoms with Gasteiger partial charge in [-0.3, -0.25) is 9.52 Å². The fraction of sp³-hybridized carbons (Fsp3) is 0.0769. The van der Waals surface area contributed by atoms with Crippen LogP contribution in [0.25, 0.3) is 17.0 Å². The molecule has 2 N–H and O–H groups in total. The second-order valence-electron chi connectivity index (χ2n) is 7.61. The van der Waals surface area contributed by atoms with Crippen LogP contribution in [0.2, 0.25) is 0 Å². The van der Waals surface area contributed by atoms with Gasteiger partial charge in [-0.15, -0.1) is 0 Å². The fourth-order valence-electron chi connectivity index (χ4n) is 3.56. The number of aromatic nitrogens is 1. The van der Waals surface area contributed by atoms with Crippen LogP contribution in [-0.2, 0) is 14.8 Å². The maximum absolute atomic E-state index is 12.7. The van der Waals surface area contributed by atoms with E-state index in [1.165, 1.54) is 30.3 Å². The number of rotatable bonds is 8. The topological polar surface area (TPSA) is 105 Å². The van der Waals surface area contributed by atoms with Crippen molar-refractivity contribution in [3.8, 4) is 0 Å². The van der Waals surface area contributed by atoms with Gasteiger partial charge in [-0.05, 0) is 42.8 Å². The van der Waals surface area contributed by atoms with Crippen LogP contribution in [0.5, 0.6) is 0 Å². The molecule has 3 aromatic carbocycles. The molecule has 0 spiro atoms. The highest BCUT2D eigenvalue weighted by atomic mass is 32.2. The molecule has 1 aromatic heterocycles. The molecular weight excluding hydrogens is 452 g/mol. The van der Waals surface area contributed by atoms with Gasteiger partial charge < -0.3 is 9.72 Å². The summed E-state index contributed by atoms with van der Waals surface area (Å²) in [7, 11) is -3.80. The van der Waals surface area contributed by atoms with Gasteiger partial charge in [0.15, 0.2) is 6.61 Å². The summed E-state index contributed by atoms with van der Waals surface area (Å²) >= 11 is 0. The van der Waals surface area contributed by atoms with Crippen LogP contribution in [0.3, 0.4) is 0 Å². The zero-order valence-electron chi connectivity index (χ0n) is 18.3. The highest BCUT2D eigenvalue weighted by Crippen LogP contribution is 2.22. The molecule has 0 saturated heterocycles. The van der Waals surface area contributed by atoms with Gasteiger partial charge in [0.05, 0.1) is 11.0 Å². The lowest BCUT2D eigenvalue weighted by atomic mass is 10.1. The summed E-state index contributed by atoms with van der Waals surface area (Å²) < 4.78 is 32.4. The third kappa shape index (κ3) is 5.41. The molecule has 0 aliphatic rings. The number of carbonyl (C=O) groups excluding carboxylic acids is 2. The SMILES string of the molecule is Cc1[nH]c2ccccc2c1C(=O)COC(=O)c1cccc(NS(=O)(=O)C=Cc2ccccc2)c1. The maximum Gasteiger partial charge on any atom is 0.338 e. The Morgan fingerprint density at radius 2 is 1.71 bits per heavy atom. The first-order chi connectivity index (χ1) is 16.3. The van der Waals surface area contributed by atoms with Gasteiger partial charge in [-0.2, -0.15) is 0 Å². The summed E-state index contributed by atoms with van der Waals surface area (Å²) in [6, 6.07) is 22.3. The van der Waals surface area contributed by atoms with E-state index in [9.17, 15) is 18.0 Å². The van der Waals surface area contributed by atoms with Crippen molar-refractivity contribution in [1.29, 1.82) is 0 Å². The molecule has 0 saturated carbocycles. The number of ether oxygens (including phenoxy) is 1. The van der Waals surface area contributed by atoms with Crippen LogP contribution in [0.15, 0.2) is 84.3 Å². The van der Waals surface area contributed by atoms with Crippen LogP contribution in [0, 0.1) is 6.92 Å². The predicted octanol–water partition coefficient (Wildman–Crippen LogP) is 4.93. The minimum absolute atomic E-state index is 0.121. The zero-order valence-corrected chi connectivity index (χ0v) is 19.1. The third-order valence-corrected chi connectivity index (χ3v) is 6.12. The number of esters is 1. The molecule has 7 nitrogen and oxygen atoms in total. The second kappa shape index (κ2) is 9.76. The van der Waals surface area contributed by atoms with E-state index in [4.69, 9.17) is 4.74 Å². The van der Waals surface area contributed by atoms with Crippen molar-refractivity contribution in [3.05, 3.63) is 107 Å². The fourth-order valence-corrected chi connectivity index (χ4v) is 4.42. The van der Waals surface area contributed by atoms with E-state index in [1.54, 1.807) is 31.2 Å².